The molecule has 1 saturated heterocycles. The molecule has 7 nitrogen and oxygen atoms in total. The third-order valence-electron chi connectivity index (χ3n) is 6.69. The summed E-state index contributed by atoms with van der Waals surface area (Å²) < 4.78 is 5.40. The molecule has 0 radical (unpaired) electrons. The minimum absolute atomic E-state index is 0.134. The number of carbonyl (C=O) groups is 3. The number of esters is 1. The van der Waals surface area contributed by atoms with E-state index in [9.17, 15) is 19.5 Å². The molecule has 1 aliphatic carbocycles. The summed E-state index contributed by atoms with van der Waals surface area (Å²) in [6.07, 6.45) is 5.52. The number of hydrogen-bond donors (Lipinski definition) is 2. The maximum absolute atomic E-state index is 14.1. The van der Waals surface area contributed by atoms with E-state index in [0.29, 0.717) is 0 Å². The summed E-state index contributed by atoms with van der Waals surface area (Å²) in [4.78, 5) is 42.3. The third kappa shape index (κ3) is 5.19. The van der Waals surface area contributed by atoms with Gasteiger partial charge >= 0.3 is 5.97 Å². The SMILES string of the molecule is CCC[C@@H]1C=C[C@H]2[C@@H](C(=O)N([C@H](CO)c3ccccc3)[C@@H]2C(=O)NC(C)(C)C)[C@@H]1C(=O)OCC. The number of aliphatic hydroxyl groups excluding tert-OH is 1. The number of rotatable bonds is 8. The number of hydrogen-bond acceptors (Lipinski definition) is 5. The normalized spacial score (nSPS) is 27.3. The Hall–Kier alpha value is -2.67. The lowest BCUT2D eigenvalue weighted by Gasteiger charge is -2.35. The zero-order valence-electron chi connectivity index (χ0n) is 20.9. The van der Waals surface area contributed by atoms with E-state index in [1.807, 2.05) is 70.2 Å². The van der Waals surface area contributed by atoms with Crippen LogP contribution in [0.25, 0.3) is 0 Å². The Morgan fingerprint density at radius 2 is 1.82 bits per heavy atom. The highest BCUT2D eigenvalue weighted by molar-refractivity contribution is 5.96. The first-order valence-corrected chi connectivity index (χ1v) is 12.3. The van der Waals surface area contributed by atoms with Crippen LogP contribution >= 0.6 is 0 Å². The molecule has 6 atom stereocenters. The fraction of sp³-hybridized carbons (Fsp3) is 0.593. The molecule has 0 bridgehead atoms. The molecule has 0 spiro atoms. The van der Waals surface area contributed by atoms with Crippen molar-refractivity contribution in [3.8, 4) is 0 Å². The van der Waals surface area contributed by atoms with E-state index in [2.05, 4.69) is 5.32 Å². The number of likely N-dealkylation sites (tertiary alicyclic amines) is 1. The summed E-state index contributed by atoms with van der Waals surface area (Å²) in [7, 11) is 0. The number of allylic oxidation sites excluding steroid dienone is 1. The minimum Gasteiger partial charge on any atom is -0.466 e. The van der Waals surface area contributed by atoms with E-state index >= 15 is 0 Å². The van der Waals surface area contributed by atoms with Crippen LogP contribution in [0.5, 0.6) is 0 Å². The van der Waals surface area contributed by atoms with Gasteiger partial charge in [-0.25, -0.2) is 0 Å². The second-order valence-corrected chi connectivity index (χ2v) is 10.3. The standard InChI is InChI=1S/C27H38N2O5/c1-6-11-18-14-15-19-22(21(18)26(33)34-7-2)25(32)29(23(19)24(31)28-27(3,4)5)20(16-30)17-12-9-8-10-13-17/h8-10,12-15,18-23,30H,6-7,11,16H2,1-5H3,(H,28,31)/t18-,19+,20-,21-,22-,23+/m1/s1. The smallest absolute Gasteiger partial charge is 0.310 e. The van der Waals surface area contributed by atoms with Gasteiger partial charge in [-0.15, -0.1) is 0 Å². The molecule has 1 aliphatic heterocycles. The fourth-order valence-electron chi connectivity index (χ4n) is 5.42. The zero-order chi connectivity index (χ0) is 25.0. The highest BCUT2D eigenvalue weighted by Gasteiger charge is 2.59. The average molecular weight is 471 g/mol. The van der Waals surface area contributed by atoms with Crippen molar-refractivity contribution in [3.05, 3.63) is 48.0 Å². The van der Waals surface area contributed by atoms with Gasteiger partial charge in [0.05, 0.1) is 31.1 Å². The molecule has 1 fully saturated rings. The molecule has 34 heavy (non-hydrogen) atoms. The fourth-order valence-corrected chi connectivity index (χ4v) is 5.42. The summed E-state index contributed by atoms with van der Waals surface area (Å²) in [5.74, 6) is -2.97. The first-order chi connectivity index (χ1) is 16.1. The largest absolute Gasteiger partial charge is 0.466 e. The van der Waals surface area contributed by atoms with Crippen LogP contribution in [0.2, 0.25) is 0 Å². The van der Waals surface area contributed by atoms with Gasteiger partial charge in [-0.3, -0.25) is 14.4 Å². The molecule has 3 rings (SSSR count). The Labute approximate surface area is 202 Å². The van der Waals surface area contributed by atoms with E-state index in [0.717, 1.165) is 18.4 Å². The maximum atomic E-state index is 14.1. The average Bonchev–Trinajstić information content (AvgIpc) is 3.07. The number of carbonyl (C=O) groups excluding carboxylic acids is 3. The summed E-state index contributed by atoms with van der Waals surface area (Å²) in [5, 5.41) is 13.4. The summed E-state index contributed by atoms with van der Waals surface area (Å²) in [5.41, 5.74) is 0.238. The van der Waals surface area contributed by atoms with Gasteiger partial charge in [0.1, 0.15) is 6.04 Å². The second-order valence-electron chi connectivity index (χ2n) is 10.3. The van der Waals surface area contributed by atoms with Gasteiger partial charge in [-0.1, -0.05) is 55.8 Å². The van der Waals surface area contributed by atoms with Crippen LogP contribution in [0.1, 0.15) is 59.1 Å². The van der Waals surface area contributed by atoms with E-state index in [1.165, 1.54) is 4.90 Å². The Bertz CT molecular complexity index is 907. The van der Waals surface area contributed by atoms with E-state index in [1.54, 1.807) is 6.92 Å². The highest BCUT2D eigenvalue weighted by atomic mass is 16.5. The molecule has 1 heterocycles. The molecular weight excluding hydrogens is 432 g/mol. The first-order valence-electron chi connectivity index (χ1n) is 12.3. The number of ether oxygens (including phenoxy) is 1. The Kier molecular flexibility index (Phi) is 8.18. The monoisotopic (exact) mass is 470 g/mol. The molecule has 1 aromatic rings. The molecule has 0 unspecified atom stereocenters. The van der Waals surface area contributed by atoms with Crippen LogP contribution in [-0.2, 0) is 19.1 Å². The minimum atomic E-state index is -0.843. The molecule has 2 amide bonds. The molecule has 0 saturated carbocycles. The first kappa shape index (κ1) is 25.9. The quantitative estimate of drug-likeness (QED) is 0.449. The van der Waals surface area contributed by atoms with Gasteiger partial charge < -0.3 is 20.1 Å². The molecule has 7 heteroatoms. The lowest BCUT2D eigenvalue weighted by molar-refractivity contribution is -0.156. The van der Waals surface area contributed by atoms with Crippen molar-refractivity contribution in [2.24, 2.45) is 23.7 Å². The van der Waals surface area contributed by atoms with Crippen LogP contribution in [0.15, 0.2) is 42.5 Å². The van der Waals surface area contributed by atoms with Crippen LogP contribution in [0.3, 0.4) is 0 Å². The van der Waals surface area contributed by atoms with Crippen molar-refractivity contribution in [3.63, 3.8) is 0 Å². The van der Waals surface area contributed by atoms with Crippen molar-refractivity contribution < 1.29 is 24.2 Å². The maximum Gasteiger partial charge on any atom is 0.310 e. The molecular formula is C27H38N2O5. The van der Waals surface area contributed by atoms with Crippen molar-refractivity contribution in [2.75, 3.05) is 13.2 Å². The van der Waals surface area contributed by atoms with Gasteiger partial charge in [0.15, 0.2) is 0 Å². The molecule has 2 N–H and O–H groups in total. The Morgan fingerprint density at radius 3 is 2.38 bits per heavy atom. The van der Waals surface area contributed by atoms with E-state index < -0.39 is 41.3 Å². The molecule has 1 aromatic carbocycles. The van der Waals surface area contributed by atoms with Gasteiger partial charge in [-0.05, 0) is 45.6 Å². The predicted molar refractivity (Wildman–Crippen MR) is 129 cm³/mol. The number of fused-ring (bicyclic) bond motifs is 1. The third-order valence-corrected chi connectivity index (χ3v) is 6.69. The topological polar surface area (TPSA) is 95.9 Å². The van der Waals surface area contributed by atoms with Crippen LogP contribution in [0, 0.1) is 23.7 Å². The number of nitrogens with one attached hydrogen (secondary N) is 1. The number of benzene rings is 1. The van der Waals surface area contributed by atoms with Crippen molar-refractivity contribution in [1.29, 1.82) is 0 Å². The van der Waals surface area contributed by atoms with Crippen molar-refractivity contribution in [2.45, 2.75) is 65.1 Å². The number of amides is 2. The summed E-state index contributed by atoms with van der Waals surface area (Å²) >= 11 is 0. The van der Waals surface area contributed by atoms with E-state index in [4.69, 9.17) is 4.74 Å². The number of nitrogens with zero attached hydrogens (tertiary/aromatic N) is 1. The van der Waals surface area contributed by atoms with Crippen LogP contribution < -0.4 is 5.32 Å². The Morgan fingerprint density at radius 1 is 1.15 bits per heavy atom. The van der Waals surface area contributed by atoms with Crippen molar-refractivity contribution >= 4 is 17.8 Å². The summed E-state index contributed by atoms with van der Waals surface area (Å²) in [6.45, 7) is 9.36. The zero-order valence-corrected chi connectivity index (χ0v) is 20.9. The van der Waals surface area contributed by atoms with Crippen molar-refractivity contribution in [1.82, 2.24) is 10.2 Å². The van der Waals surface area contributed by atoms with Crippen LogP contribution in [0.4, 0.5) is 0 Å². The number of aliphatic hydroxyl groups is 1. The van der Waals surface area contributed by atoms with Gasteiger partial charge in [0, 0.05) is 11.5 Å². The van der Waals surface area contributed by atoms with Gasteiger partial charge in [0.25, 0.3) is 0 Å². The Balaban J connectivity index is 2.12. The second kappa shape index (κ2) is 10.7. The lowest BCUT2D eigenvalue weighted by Crippen LogP contribution is -2.53. The van der Waals surface area contributed by atoms with Gasteiger partial charge in [0.2, 0.25) is 11.8 Å². The summed E-state index contributed by atoms with van der Waals surface area (Å²) in [6, 6.07) is 7.69. The molecule has 2 aliphatic rings. The molecule has 186 valence electrons. The van der Waals surface area contributed by atoms with Gasteiger partial charge in [-0.2, -0.15) is 0 Å². The molecule has 0 aromatic heterocycles. The van der Waals surface area contributed by atoms with Crippen LogP contribution in [-0.4, -0.2) is 52.6 Å². The lowest BCUT2D eigenvalue weighted by atomic mass is 9.68. The van der Waals surface area contributed by atoms with E-state index in [-0.39, 0.29) is 30.9 Å². The highest BCUT2D eigenvalue weighted by Crippen LogP contribution is 2.48. The predicted octanol–water partition coefficient (Wildman–Crippen LogP) is 3.24.